The molecule has 4 aromatic carbocycles. The minimum Gasteiger partial charge on any atom is -0.497 e. The van der Waals surface area contributed by atoms with E-state index in [1.54, 1.807) is 54.1 Å². The zero-order valence-electron chi connectivity index (χ0n) is 23.1. The number of methoxy groups -OCH3 is 2. The highest BCUT2D eigenvalue weighted by atomic mass is 35.5. The number of benzene rings is 4. The summed E-state index contributed by atoms with van der Waals surface area (Å²) in [7, 11) is 3.22. The molecule has 7 nitrogen and oxygen atoms in total. The minimum atomic E-state index is -0.123. The Morgan fingerprint density at radius 1 is 0.805 bits per heavy atom. The molecule has 41 heavy (non-hydrogen) atoms. The molecule has 0 aliphatic heterocycles. The van der Waals surface area contributed by atoms with Crippen LogP contribution >= 0.6 is 11.6 Å². The van der Waals surface area contributed by atoms with Gasteiger partial charge in [-0.2, -0.15) is 5.10 Å². The maximum absolute atomic E-state index is 13.9. The van der Waals surface area contributed by atoms with Crippen molar-refractivity contribution < 1.29 is 19.0 Å². The average Bonchev–Trinajstić information content (AvgIpc) is 3.31. The predicted octanol–water partition coefficient (Wildman–Crippen LogP) is 7.49. The molecule has 0 fully saturated rings. The van der Waals surface area contributed by atoms with Crippen LogP contribution in [0.25, 0.3) is 5.69 Å². The summed E-state index contributed by atoms with van der Waals surface area (Å²) in [5.41, 5.74) is 3.81. The number of rotatable bonds is 10. The second-order valence-electron chi connectivity index (χ2n) is 9.41. The van der Waals surface area contributed by atoms with E-state index < -0.39 is 0 Å². The number of nitrogens with zero attached hydrogens (tertiary/aromatic N) is 3. The van der Waals surface area contributed by atoms with Gasteiger partial charge in [0.1, 0.15) is 17.2 Å². The van der Waals surface area contributed by atoms with Crippen molar-refractivity contribution in [3.8, 4) is 28.8 Å². The molecule has 0 spiro atoms. The minimum absolute atomic E-state index is 0.123. The Bertz CT molecular complexity index is 1620. The highest BCUT2D eigenvalue weighted by Gasteiger charge is 2.25. The van der Waals surface area contributed by atoms with Crippen LogP contribution in [0.4, 0.5) is 0 Å². The van der Waals surface area contributed by atoms with Gasteiger partial charge < -0.3 is 19.1 Å². The summed E-state index contributed by atoms with van der Waals surface area (Å²) in [5.74, 6) is 2.38. The van der Waals surface area contributed by atoms with Crippen LogP contribution in [0, 0.1) is 6.92 Å². The summed E-state index contributed by atoms with van der Waals surface area (Å²) in [6.45, 7) is 2.57. The molecular formula is C33H30ClN3O4. The fourth-order valence-electron chi connectivity index (χ4n) is 4.47. The average molecular weight is 568 g/mol. The van der Waals surface area contributed by atoms with E-state index in [0.29, 0.717) is 34.5 Å². The van der Waals surface area contributed by atoms with Crippen molar-refractivity contribution >= 4 is 17.5 Å². The first kappa shape index (κ1) is 27.8. The molecule has 208 valence electrons. The van der Waals surface area contributed by atoms with Crippen molar-refractivity contribution in [2.45, 2.75) is 20.0 Å². The molecule has 8 heteroatoms. The van der Waals surface area contributed by atoms with E-state index in [1.807, 2.05) is 79.7 Å². The first-order valence-electron chi connectivity index (χ1n) is 13.1. The van der Waals surface area contributed by atoms with Crippen LogP contribution in [0.1, 0.15) is 27.2 Å². The van der Waals surface area contributed by atoms with E-state index >= 15 is 0 Å². The van der Waals surface area contributed by atoms with Crippen molar-refractivity contribution in [3.63, 3.8) is 0 Å². The normalized spacial score (nSPS) is 10.7. The van der Waals surface area contributed by atoms with E-state index in [2.05, 4.69) is 0 Å². The third-order valence-electron chi connectivity index (χ3n) is 6.65. The number of hydrogen-bond acceptors (Lipinski definition) is 5. The lowest BCUT2D eigenvalue weighted by atomic mass is 10.1. The first-order chi connectivity index (χ1) is 19.9. The highest BCUT2D eigenvalue weighted by molar-refractivity contribution is 6.30. The van der Waals surface area contributed by atoms with Gasteiger partial charge in [-0.25, -0.2) is 4.68 Å². The van der Waals surface area contributed by atoms with Gasteiger partial charge in [0.2, 0.25) is 5.88 Å². The number of hydrogen-bond donors (Lipinski definition) is 0. The molecule has 5 rings (SSSR count). The zero-order valence-corrected chi connectivity index (χ0v) is 23.8. The van der Waals surface area contributed by atoms with Gasteiger partial charge in [-0.1, -0.05) is 48.0 Å². The van der Waals surface area contributed by atoms with Crippen molar-refractivity contribution in [1.29, 1.82) is 0 Å². The summed E-state index contributed by atoms with van der Waals surface area (Å²) in [4.78, 5) is 15.7. The number of aromatic nitrogens is 2. The van der Waals surface area contributed by atoms with Gasteiger partial charge in [0.15, 0.2) is 0 Å². The largest absolute Gasteiger partial charge is 0.497 e. The van der Waals surface area contributed by atoms with Crippen LogP contribution in [0.2, 0.25) is 5.02 Å². The second-order valence-corrected chi connectivity index (χ2v) is 9.85. The Morgan fingerprint density at radius 2 is 1.44 bits per heavy atom. The Labute approximate surface area is 244 Å². The Morgan fingerprint density at radius 3 is 2.07 bits per heavy atom. The highest BCUT2D eigenvalue weighted by Crippen LogP contribution is 2.33. The second kappa shape index (κ2) is 12.6. The molecule has 0 aliphatic rings. The molecule has 0 radical (unpaired) electrons. The lowest BCUT2D eigenvalue weighted by Crippen LogP contribution is -2.30. The van der Waals surface area contributed by atoms with E-state index in [1.165, 1.54) is 0 Å². The molecule has 0 N–H and O–H groups in total. The third-order valence-corrected chi connectivity index (χ3v) is 6.89. The third kappa shape index (κ3) is 6.53. The van der Waals surface area contributed by atoms with Gasteiger partial charge in [0.25, 0.3) is 5.91 Å². The number of ether oxygens (including phenoxy) is 3. The summed E-state index contributed by atoms with van der Waals surface area (Å²) < 4.78 is 18.8. The van der Waals surface area contributed by atoms with Crippen molar-refractivity contribution in [2.75, 3.05) is 14.2 Å². The molecule has 0 aliphatic carbocycles. The molecule has 0 saturated heterocycles. The van der Waals surface area contributed by atoms with Crippen LogP contribution < -0.4 is 14.2 Å². The molecule has 0 unspecified atom stereocenters. The zero-order chi connectivity index (χ0) is 28.8. The maximum atomic E-state index is 13.9. The van der Waals surface area contributed by atoms with Gasteiger partial charge in [-0.3, -0.25) is 4.79 Å². The van der Waals surface area contributed by atoms with Crippen LogP contribution in [-0.2, 0) is 13.1 Å². The summed E-state index contributed by atoms with van der Waals surface area (Å²) in [6.07, 6.45) is 0. The molecule has 0 bridgehead atoms. The molecule has 1 aromatic heterocycles. The Hall–Kier alpha value is -4.75. The van der Waals surface area contributed by atoms with Gasteiger partial charge in [0.05, 0.1) is 37.7 Å². The van der Waals surface area contributed by atoms with Crippen LogP contribution in [-0.4, -0.2) is 34.8 Å². The van der Waals surface area contributed by atoms with E-state index in [9.17, 15) is 4.79 Å². The Kier molecular flexibility index (Phi) is 8.56. The number of aryl methyl sites for hydroxylation is 1. The summed E-state index contributed by atoms with van der Waals surface area (Å²) in [6, 6.07) is 31.7. The Balaban J connectivity index is 1.57. The predicted molar refractivity (Wildman–Crippen MR) is 159 cm³/mol. The van der Waals surface area contributed by atoms with Crippen LogP contribution in [0.15, 0.2) is 103 Å². The maximum Gasteiger partial charge on any atom is 0.254 e. The van der Waals surface area contributed by atoms with E-state index in [-0.39, 0.29) is 12.5 Å². The molecule has 1 amide bonds. The number of amides is 1. The quantitative estimate of drug-likeness (QED) is 0.175. The number of halogens is 1. The van der Waals surface area contributed by atoms with Gasteiger partial charge in [-0.15, -0.1) is 0 Å². The van der Waals surface area contributed by atoms with Crippen LogP contribution in [0.3, 0.4) is 0 Å². The first-order valence-corrected chi connectivity index (χ1v) is 13.5. The molecule has 0 atom stereocenters. The van der Waals surface area contributed by atoms with Gasteiger partial charge in [-0.05, 0) is 79.2 Å². The smallest absolute Gasteiger partial charge is 0.254 e. The van der Waals surface area contributed by atoms with E-state index in [4.69, 9.17) is 30.9 Å². The fourth-order valence-corrected chi connectivity index (χ4v) is 4.66. The topological polar surface area (TPSA) is 65.8 Å². The van der Waals surface area contributed by atoms with Crippen molar-refractivity contribution in [2.24, 2.45) is 0 Å². The summed E-state index contributed by atoms with van der Waals surface area (Å²) in [5, 5.41) is 5.40. The standard InChI is InChI=1S/C33H30ClN3O4/c1-23-31(22-36(21-24-8-5-4-6-9-24)32(38)25-12-14-28(39-2)15-13-25)33(41-30-18-16-29(40-3)17-19-30)37(35-23)27-11-7-10-26(34)20-27/h4-20H,21-22H2,1-3H3. The van der Waals surface area contributed by atoms with Gasteiger partial charge in [0, 0.05) is 17.1 Å². The lowest BCUT2D eigenvalue weighted by molar-refractivity contribution is 0.0729. The fraction of sp³-hybridized carbons (Fsp3) is 0.152. The lowest BCUT2D eigenvalue weighted by Gasteiger charge is -2.24. The van der Waals surface area contributed by atoms with Crippen LogP contribution in [0.5, 0.6) is 23.1 Å². The molecule has 0 saturated carbocycles. The number of carbonyl (C=O) groups is 1. The van der Waals surface area contributed by atoms with Crippen molar-refractivity contribution in [3.05, 3.63) is 131 Å². The summed E-state index contributed by atoms with van der Waals surface area (Å²) >= 11 is 6.34. The molecular weight excluding hydrogens is 538 g/mol. The monoisotopic (exact) mass is 567 g/mol. The van der Waals surface area contributed by atoms with E-state index in [0.717, 1.165) is 28.3 Å². The number of carbonyl (C=O) groups excluding carboxylic acids is 1. The molecule has 1 heterocycles. The molecule has 5 aromatic rings. The van der Waals surface area contributed by atoms with Crippen molar-refractivity contribution in [1.82, 2.24) is 14.7 Å². The van der Waals surface area contributed by atoms with Gasteiger partial charge >= 0.3 is 0 Å². The SMILES string of the molecule is COc1ccc(Oc2c(CN(Cc3ccccc3)C(=O)c3ccc(OC)cc3)c(C)nn2-c2cccc(Cl)c2)cc1.